The molecule has 5 heteroatoms. The molecule has 116 valence electrons. The quantitative estimate of drug-likeness (QED) is 0.801. The number of halogens is 1. The van der Waals surface area contributed by atoms with E-state index in [1.165, 1.54) is 24.3 Å². The summed E-state index contributed by atoms with van der Waals surface area (Å²) in [6, 6.07) is 12.4. The first-order chi connectivity index (χ1) is 11.1. The summed E-state index contributed by atoms with van der Waals surface area (Å²) in [6.07, 6.45) is 0.902. The maximum absolute atomic E-state index is 13.3. The molecule has 0 radical (unpaired) electrons. The van der Waals surface area contributed by atoms with E-state index < -0.39 is 17.3 Å². The molecule has 0 aliphatic carbocycles. The van der Waals surface area contributed by atoms with Crippen molar-refractivity contribution in [3.05, 3.63) is 76.1 Å². The Morgan fingerprint density at radius 2 is 1.87 bits per heavy atom. The van der Waals surface area contributed by atoms with Gasteiger partial charge in [-0.05, 0) is 53.8 Å². The molecule has 2 aromatic carbocycles. The minimum Gasteiger partial charge on any atom is -0.417 e. The molecule has 0 spiro atoms. The van der Waals surface area contributed by atoms with Gasteiger partial charge in [0.1, 0.15) is 5.82 Å². The summed E-state index contributed by atoms with van der Waals surface area (Å²) in [5, 5.41) is 3.21. The van der Waals surface area contributed by atoms with Gasteiger partial charge in [0.15, 0.2) is 5.76 Å². The standard InChI is InChI=1S/C18H14FNO3/c1-2-11-3-6-14(7-4-11)20-17(21)16-10-12-9-13(19)5-8-15(12)18(22)23-16/h3-10H,2H2,1H3,(H,20,21). The lowest BCUT2D eigenvalue weighted by Gasteiger charge is -2.06. The summed E-state index contributed by atoms with van der Waals surface area (Å²) in [5.74, 6) is -1.20. The van der Waals surface area contributed by atoms with E-state index in [2.05, 4.69) is 5.32 Å². The van der Waals surface area contributed by atoms with Crippen LogP contribution in [-0.4, -0.2) is 5.91 Å². The van der Waals surface area contributed by atoms with Crippen LogP contribution in [0.15, 0.2) is 57.7 Å². The Kier molecular flexibility index (Phi) is 3.93. The lowest BCUT2D eigenvalue weighted by Crippen LogP contribution is -2.15. The van der Waals surface area contributed by atoms with Crippen LogP contribution >= 0.6 is 0 Å². The summed E-state index contributed by atoms with van der Waals surface area (Å²) in [6.45, 7) is 2.04. The number of rotatable bonds is 3. The molecule has 0 aliphatic rings. The molecule has 0 saturated heterocycles. The van der Waals surface area contributed by atoms with E-state index >= 15 is 0 Å². The molecule has 0 saturated carbocycles. The fraction of sp³-hybridized carbons (Fsp3) is 0.111. The molecule has 3 rings (SSSR count). The molecule has 1 N–H and O–H groups in total. The van der Waals surface area contributed by atoms with E-state index in [4.69, 9.17) is 4.42 Å². The van der Waals surface area contributed by atoms with Crippen molar-refractivity contribution >= 4 is 22.4 Å². The smallest absolute Gasteiger partial charge is 0.344 e. The first kappa shape index (κ1) is 15.0. The van der Waals surface area contributed by atoms with Crippen molar-refractivity contribution in [2.75, 3.05) is 5.32 Å². The number of benzene rings is 2. The fourth-order valence-electron chi connectivity index (χ4n) is 2.29. The van der Waals surface area contributed by atoms with Crippen molar-refractivity contribution in [3.8, 4) is 0 Å². The Morgan fingerprint density at radius 3 is 2.57 bits per heavy atom. The van der Waals surface area contributed by atoms with Crippen LogP contribution < -0.4 is 10.9 Å². The first-order valence-corrected chi connectivity index (χ1v) is 7.20. The predicted molar refractivity (Wildman–Crippen MR) is 86.2 cm³/mol. The lowest BCUT2D eigenvalue weighted by atomic mass is 10.1. The number of amides is 1. The Morgan fingerprint density at radius 1 is 1.13 bits per heavy atom. The zero-order chi connectivity index (χ0) is 16.4. The topological polar surface area (TPSA) is 59.3 Å². The third kappa shape index (κ3) is 3.13. The first-order valence-electron chi connectivity index (χ1n) is 7.20. The number of nitrogens with one attached hydrogen (secondary N) is 1. The van der Waals surface area contributed by atoms with Gasteiger partial charge in [0.2, 0.25) is 0 Å². The number of aryl methyl sites for hydroxylation is 1. The highest BCUT2D eigenvalue weighted by Crippen LogP contribution is 2.16. The van der Waals surface area contributed by atoms with Gasteiger partial charge in [0.05, 0.1) is 5.39 Å². The Balaban J connectivity index is 1.92. The fourth-order valence-corrected chi connectivity index (χ4v) is 2.29. The van der Waals surface area contributed by atoms with E-state index in [9.17, 15) is 14.0 Å². The van der Waals surface area contributed by atoms with Crippen molar-refractivity contribution < 1.29 is 13.6 Å². The molecule has 1 aromatic heterocycles. The maximum Gasteiger partial charge on any atom is 0.344 e. The van der Waals surface area contributed by atoms with E-state index in [1.54, 1.807) is 12.1 Å². The van der Waals surface area contributed by atoms with Crippen LogP contribution in [0.5, 0.6) is 0 Å². The SMILES string of the molecule is CCc1ccc(NC(=O)c2cc3cc(F)ccc3c(=O)o2)cc1. The van der Waals surface area contributed by atoms with Crippen molar-refractivity contribution in [1.82, 2.24) is 0 Å². The number of hydrogen-bond donors (Lipinski definition) is 1. The number of carbonyl (C=O) groups is 1. The van der Waals surface area contributed by atoms with E-state index in [-0.39, 0.29) is 11.1 Å². The molecule has 1 amide bonds. The van der Waals surface area contributed by atoms with Crippen LogP contribution in [-0.2, 0) is 6.42 Å². The average molecular weight is 311 g/mol. The van der Waals surface area contributed by atoms with Crippen molar-refractivity contribution in [2.24, 2.45) is 0 Å². The highest BCUT2D eigenvalue weighted by molar-refractivity contribution is 6.03. The zero-order valence-corrected chi connectivity index (χ0v) is 12.4. The van der Waals surface area contributed by atoms with Crippen LogP contribution in [0.25, 0.3) is 10.8 Å². The third-order valence-electron chi connectivity index (χ3n) is 3.57. The van der Waals surface area contributed by atoms with Gasteiger partial charge in [-0.2, -0.15) is 0 Å². The molecule has 0 bridgehead atoms. The summed E-state index contributed by atoms with van der Waals surface area (Å²) in [5.41, 5.74) is 1.07. The molecule has 0 aliphatic heterocycles. The van der Waals surface area contributed by atoms with Gasteiger partial charge in [-0.3, -0.25) is 4.79 Å². The molecule has 0 atom stereocenters. The van der Waals surface area contributed by atoms with Gasteiger partial charge in [-0.25, -0.2) is 9.18 Å². The average Bonchev–Trinajstić information content (AvgIpc) is 2.55. The summed E-state index contributed by atoms with van der Waals surface area (Å²) >= 11 is 0. The highest BCUT2D eigenvalue weighted by Gasteiger charge is 2.13. The van der Waals surface area contributed by atoms with Gasteiger partial charge in [0, 0.05) is 5.69 Å². The summed E-state index contributed by atoms with van der Waals surface area (Å²) in [7, 11) is 0. The van der Waals surface area contributed by atoms with E-state index in [0.29, 0.717) is 11.1 Å². The van der Waals surface area contributed by atoms with E-state index in [0.717, 1.165) is 12.0 Å². The molecule has 23 heavy (non-hydrogen) atoms. The monoisotopic (exact) mass is 311 g/mol. The summed E-state index contributed by atoms with van der Waals surface area (Å²) < 4.78 is 18.3. The molecule has 4 nitrogen and oxygen atoms in total. The third-order valence-corrected chi connectivity index (χ3v) is 3.57. The van der Waals surface area contributed by atoms with Gasteiger partial charge >= 0.3 is 5.63 Å². The van der Waals surface area contributed by atoms with Crippen LogP contribution in [0.1, 0.15) is 23.0 Å². The predicted octanol–water partition coefficient (Wildman–Crippen LogP) is 3.75. The van der Waals surface area contributed by atoms with Gasteiger partial charge in [-0.15, -0.1) is 0 Å². The zero-order valence-electron chi connectivity index (χ0n) is 12.4. The number of fused-ring (bicyclic) bond motifs is 1. The minimum atomic E-state index is -0.672. The maximum atomic E-state index is 13.3. The lowest BCUT2D eigenvalue weighted by molar-refractivity contribution is 0.0993. The largest absolute Gasteiger partial charge is 0.417 e. The van der Waals surface area contributed by atoms with Crippen LogP contribution in [0.4, 0.5) is 10.1 Å². The van der Waals surface area contributed by atoms with Crippen LogP contribution in [0, 0.1) is 5.82 Å². The number of hydrogen-bond acceptors (Lipinski definition) is 3. The molecule has 3 aromatic rings. The van der Waals surface area contributed by atoms with Gasteiger partial charge in [-0.1, -0.05) is 19.1 Å². The van der Waals surface area contributed by atoms with Crippen LogP contribution in [0.2, 0.25) is 0 Å². The van der Waals surface area contributed by atoms with Gasteiger partial charge in [0.25, 0.3) is 5.91 Å². The van der Waals surface area contributed by atoms with Gasteiger partial charge < -0.3 is 9.73 Å². The van der Waals surface area contributed by atoms with E-state index in [1.807, 2.05) is 19.1 Å². The molecule has 0 fully saturated rings. The second-order valence-electron chi connectivity index (χ2n) is 5.13. The Bertz CT molecular complexity index is 929. The molecule has 0 unspecified atom stereocenters. The van der Waals surface area contributed by atoms with Crippen molar-refractivity contribution in [3.63, 3.8) is 0 Å². The molecular weight excluding hydrogens is 297 g/mol. The van der Waals surface area contributed by atoms with Crippen molar-refractivity contribution in [1.29, 1.82) is 0 Å². The molecule has 1 heterocycles. The van der Waals surface area contributed by atoms with Crippen molar-refractivity contribution in [2.45, 2.75) is 13.3 Å². The second-order valence-corrected chi connectivity index (χ2v) is 5.13. The summed E-state index contributed by atoms with van der Waals surface area (Å²) in [4.78, 5) is 24.1. The number of anilines is 1. The second kappa shape index (κ2) is 6.04. The Labute approximate surface area is 131 Å². The van der Waals surface area contributed by atoms with Crippen LogP contribution in [0.3, 0.4) is 0 Å². The normalized spacial score (nSPS) is 10.7. The number of carbonyl (C=O) groups excluding carboxylic acids is 1. The minimum absolute atomic E-state index is 0.160. The highest BCUT2D eigenvalue weighted by atomic mass is 19.1. The molecular formula is C18H14FNO3. The Hall–Kier alpha value is -2.95.